The maximum atomic E-state index is 11.9. The molecule has 0 fully saturated rings. The maximum absolute atomic E-state index is 11.9. The number of fused-ring (bicyclic) bond motifs is 2. The van der Waals surface area contributed by atoms with Crippen LogP contribution in [0.3, 0.4) is 0 Å². The van der Waals surface area contributed by atoms with Gasteiger partial charge in [-0.3, -0.25) is 14.3 Å². The van der Waals surface area contributed by atoms with Crippen LogP contribution < -0.4 is 11.2 Å². The molecule has 7 nitrogen and oxygen atoms in total. The van der Waals surface area contributed by atoms with E-state index in [9.17, 15) is 9.59 Å². The van der Waals surface area contributed by atoms with Gasteiger partial charge in [-0.1, -0.05) is 30.3 Å². The molecule has 7 heteroatoms. The Hall–Kier alpha value is -3.22. The van der Waals surface area contributed by atoms with Gasteiger partial charge in [-0.2, -0.15) is 4.98 Å². The molecule has 4 rings (SSSR count). The van der Waals surface area contributed by atoms with Crippen molar-refractivity contribution in [1.29, 1.82) is 0 Å². The molecule has 3 aromatic heterocycles. The Morgan fingerprint density at radius 2 is 1.91 bits per heavy atom. The van der Waals surface area contributed by atoms with Gasteiger partial charge in [0.15, 0.2) is 11.2 Å². The lowest BCUT2D eigenvalue weighted by molar-refractivity contribution is 0.618. The van der Waals surface area contributed by atoms with Gasteiger partial charge >= 0.3 is 5.69 Å². The summed E-state index contributed by atoms with van der Waals surface area (Å²) in [7, 11) is 1.52. The van der Waals surface area contributed by atoms with Gasteiger partial charge in [-0.25, -0.2) is 9.78 Å². The van der Waals surface area contributed by atoms with Crippen molar-refractivity contribution in [1.82, 2.24) is 19.5 Å². The summed E-state index contributed by atoms with van der Waals surface area (Å²) < 4.78 is 6.93. The van der Waals surface area contributed by atoms with E-state index in [0.29, 0.717) is 11.3 Å². The molecule has 0 aliphatic carbocycles. The summed E-state index contributed by atoms with van der Waals surface area (Å²) in [5, 5.41) is 0. The standard InChI is InChI=1S/C15H10N4O3/c1-19-12-11(13(20)18-15(19)21)16-9-7-10(22-14(9)17-12)8-5-3-2-4-6-8/h2-7H,1H3,(H,18,20,21). The van der Waals surface area contributed by atoms with Crippen LogP contribution in [0.5, 0.6) is 0 Å². The molecule has 0 atom stereocenters. The van der Waals surface area contributed by atoms with Gasteiger partial charge in [0.1, 0.15) is 11.3 Å². The van der Waals surface area contributed by atoms with Crippen LogP contribution in [-0.2, 0) is 7.05 Å². The molecule has 0 saturated heterocycles. The van der Waals surface area contributed by atoms with E-state index in [0.717, 1.165) is 5.56 Å². The van der Waals surface area contributed by atoms with E-state index in [1.165, 1.54) is 11.6 Å². The highest BCUT2D eigenvalue weighted by molar-refractivity contribution is 5.83. The number of nitrogens with one attached hydrogen (secondary N) is 1. The topological polar surface area (TPSA) is 93.8 Å². The Labute approximate surface area is 122 Å². The predicted molar refractivity (Wildman–Crippen MR) is 80.6 cm³/mol. The highest BCUT2D eigenvalue weighted by Gasteiger charge is 2.14. The number of rotatable bonds is 1. The van der Waals surface area contributed by atoms with E-state index in [2.05, 4.69) is 15.0 Å². The summed E-state index contributed by atoms with van der Waals surface area (Å²) >= 11 is 0. The predicted octanol–water partition coefficient (Wildman–Crippen LogP) is 1.43. The molecule has 0 unspecified atom stereocenters. The molecule has 0 aliphatic heterocycles. The summed E-state index contributed by atoms with van der Waals surface area (Å²) in [5.74, 6) is 0.604. The summed E-state index contributed by atoms with van der Waals surface area (Å²) in [5.41, 5.74) is 0.831. The van der Waals surface area contributed by atoms with Crippen LogP contribution in [0.4, 0.5) is 0 Å². The largest absolute Gasteiger partial charge is 0.436 e. The normalized spacial score (nSPS) is 11.3. The number of nitrogens with zero attached hydrogens (tertiary/aromatic N) is 3. The monoisotopic (exact) mass is 294 g/mol. The van der Waals surface area contributed by atoms with Gasteiger partial charge in [0.05, 0.1) is 0 Å². The first-order valence-corrected chi connectivity index (χ1v) is 6.59. The number of hydrogen-bond donors (Lipinski definition) is 1. The second-order valence-corrected chi connectivity index (χ2v) is 4.88. The third kappa shape index (κ3) is 1.76. The molecule has 0 radical (unpaired) electrons. The average Bonchev–Trinajstić information content (AvgIpc) is 2.95. The maximum Gasteiger partial charge on any atom is 0.329 e. The average molecular weight is 294 g/mol. The van der Waals surface area contributed by atoms with E-state index in [-0.39, 0.29) is 16.9 Å². The molecule has 0 amide bonds. The van der Waals surface area contributed by atoms with Crippen LogP contribution in [0.15, 0.2) is 50.4 Å². The molecule has 22 heavy (non-hydrogen) atoms. The van der Waals surface area contributed by atoms with Gasteiger partial charge in [0.25, 0.3) is 5.56 Å². The van der Waals surface area contributed by atoms with Crippen LogP contribution in [-0.4, -0.2) is 19.5 Å². The zero-order valence-corrected chi connectivity index (χ0v) is 11.5. The molecule has 3 heterocycles. The Morgan fingerprint density at radius 3 is 2.68 bits per heavy atom. The zero-order valence-electron chi connectivity index (χ0n) is 11.5. The zero-order chi connectivity index (χ0) is 15.3. The quantitative estimate of drug-likeness (QED) is 0.573. The molecule has 0 spiro atoms. The second kappa shape index (κ2) is 4.39. The fourth-order valence-corrected chi connectivity index (χ4v) is 2.32. The Balaban J connectivity index is 2.07. The summed E-state index contributed by atoms with van der Waals surface area (Å²) in [6, 6.07) is 11.2. The van der Waals surface area contributed by atoms with E-state index in [1.54, 1.807) is 6.07 Å². The summed E-state index contributed by atoms with van der Waals surface area (Å²) in [4.78, 5) is 34.2. The van der Waals surface area contributed by atoms with Gasteiger partial charge in [-0.15, -0.1) is 0 Å². The lowest BCUT2D eigenvalue weighted by atomic mass is 10.2. The van der Waals surface area contributed by atoms with Crippen molar-refractivity contribution in [3.8, 4) is 11.3 Å². The van der Waals surface area contributed by atoms with Gasteiger partial charge in [0.2, 0.25) is 5.71 Å². The molecule has 1 aromatic carbocycles. The first-order valence-electron chi connectivity index (χ1n) is 6.59. The smallest absolute Gasteiger partial charge is 0.329 e. The van der Waals surface area contributed by atoms with Crippen LogP contribution in [0.1, 0.15) is 0 Å². The SMILES string of the molecule is Cn1c(=O)[nH]c(=O)c2nc3cc(-c4ccccc4)oc3nc21. The number of aromatic nitrogens is 4. The Bertz CT molecular complexity index is 1120. The number of furan rings is 1. The molecule has 4 aromatic rings. The number of aryl methyl sites for hydroxylation is 1. The van der Waals surface area contributed by atoms with Crippen LogP contribution in [0, 0.1) is 0 Å². The van der Waals surface area contributed by atoms with Gasteiger partial charge in [0, 0.05) is 18.7 Å². The Kier molecular flexibility index (Phi) is 2.50. The summed E-state index contributed by atoms with van der Waals surface area (Å²) in [6.07, 6.45) is 0. The number of hydrogen-bond acceptors (Lipinski definition) is 5. The highest BCUT2D eigenvalue weighted by Crippen LogP contribution is 2.26. The minimum atomic E-state index is -0.560. The van der Waals surface area contributed by atoms with E-state index in [1.807, 2.05) is 30.3 Å². The molecule has 0 aliphatic rings. The lowest BCUT2D eigenvalue weighted by Gasteiger charge is -2.00. The van der Waals surface area contributed by atoms with E-state index in [4.69, 9.17) is 4.42 Å². The minimum absolute atomic E-state index is 0.106. The molecule has 0 bridgehead atoms. The van der Waals surface area contributed by atoms with Crippen molar-refractivity contribution in [3.05, 3.63) is 57.2 Å². The molecule has 1 N–H and O–H groups in total. The van der Waals surface area contributed by atoms with Crippen molar-refractivity contribution in [3.63, 3.8) is 0 Å². The third-order valence-corrected chi connectivity index (χ3v) is 3.46. The van der Waals surface area contributed by atoms with Gasteiger partial charge < -0.3 is 4.42 Å². The minimum Gasteiger partial charge on any atom is -0.436 e. The number of aromatic amines is 1. The van der Waals surface area contributed by atoms with Crippen molar-refractivity contribution < 1.29 is 4.42 Å². The van der Waals surface area contributed by atoms with Crippen LogP contribution >= 0.6 is 0 Å². The first kappa shape index (κ1) is 12.5. The van der Waals surface area contributed by atoms with Crippen molar-refractivity contribution >= 4 is 22.4 Å². The van der Waals surface area contributed by atoms with Crippen molar-refractivity contribution in [2.45, 2.75) is 0 Å². The second-order valence-electron chi connectivity index (χ2n) is 4.88. The van der Waals surface area contributed by atoms with Crippen LogP contribution in [0.25, 0.3) is 33.7 Å². The van der Waals surface area contributed by atoms with E-state index >= 15 is 0 Å². The Morgan fingerprint density at radius 1 is 1.14 bits per heavy atom. The third-order valence-electron chi connectivity index (χ3n) is 3.46. The molecule has 0 saturated carbocycles. The highest BCUT2D eigenvalue weighted by atomic mass is 16.3. The number of H-pyrrole nitrogens is 1. The first-order chi connectivity index (χ1) is 10.6. The molecular formula is C15H10N4O3. The lowest BCUT2D eigenvalue weighted by Crippen LogP contribution is -2.29. The van der Waals surface area contributed by atoms with E-state index < -0.39 is 11.2 Å². The summed E-state index contributed by atoms with van der Waals surface area (Å²) in [6.45, 7) is 0. The molecule has 108 valence electrons. The number of benzene rings is 1. The van der Waals surface area contributed by atoms with Crippen LogP contribution in [0.2, 0.25) is 0 Å². The van der Waals surface area contributed by atoms with Gasteiger partial charge in [-0.05, 0) is 0 Å². The van der Waals surface area contributed by atoms with Crippen molar-refractivity contribution in [2.75, 3.05) is 0 Å². The fraction of sp³-hybridized carbons (Fsp3) is 0.0667. The fourth-order valence-electron chi connectivity index (χ4n) is 2.32. The van der Waals surface area contributed by atoms with Crippen molar-refractivity contribution in [2.24, 2.45) is 7.05 Å². The molecular weight excluding hydrogens is 284 g/mol.